The highest BCUT2D eigenvalue weighted by Crippen LogP contribution is 2.32. The van der Waals surface area contributed by atoms with E-state index < -0.39 is 6.10 Å². The van der Waals surface area contributed by atoms with Gasteiger partial charge in [-0.3, -0.25) is 0 Å². The topological polar surface area (TPSA) is 20.2 Å². The van der Waals surface area contributed by atoms with Gasteiger partial charge in [0.25, 0.3) is 0 Å². The summed E-state index contributed by atoms with van der Waals surface area (Å²) < 4.78 is 13.8. The van der Waals surface area contributed by atoms with Crippen LogP contribution in [0.5, 0.6) is 0 Å². The summed E-state index contributed by atoms with van der Waals surface area (Å²) in [6, 6.07) is 6.94. The number of aryl methyl sites for hydroxylation is 3. The lowest BCUT2D eigenvalue weighted by Crippen LogP contribution is -2.02. The Labute approximate surface area is 105 Å². The molecule has 0 saturated heterocycles. The second-order valence-electron chi connectivity index (χ2n) is 4.33. The Hall–Kier alpha value is -1.19. The highest BCUT2D eigenvalue weighted by atomic mass is 32.1. The summed E-state index contributed by atoms with van der Waals surface area (Å²) in [5.41, 5.74) is 2.22. The van der Waals surface area contributed by atoms with Crippen LogP contribution in [-0.4, -0.2) is 5.11 Å². The summed E-state index contributed by atoms with van der Waals surface area (Å²) in [5.74, 6) is -0.344. The number of hydrogen-bond acceptors (Lipinski definition) is 2. The van der Waals surface area contributed by atoms with E-state index in [1.807, 2.05) is 32.9 Å². The molecule has 2 rings (SSSR count). The maximum atomic E-state index is 13.8. The van der Waals surface area contributed by atoms with Gasteiger partial charge in [0.15, 0.2) is 0 Å². The molecule has 0 fully saturated rings. The molecule has 0 aliphatic heterocycles. The van der Waals surface area contributed by atoms with Crippen LogP contribution in [0.1, 0.15) is 32.5 Å². The summed E-state index contributed by atoms with van der Waals surface area (Å²) in [5, 5.41) is 10.2. The second kappa shape index (κ2) is 4.59. The van der Waals surface area contributed by atoms with Crippen molar-refractivity contribution in [3.8, 4) is 0 Å². The highest BCUT2D eigenvalue weighted by Gasteiger charge is 2.18. The summed E-state index contributed by atoms with van der Waals surface area (Å²) >= 11 is 1.51. The lowest BCUT2D eigenvalue weighted by Gasteiger charge is -2.12. The molecule has 1 N–H and O–H groups in total. The van der Waals surface area contributed by atoms with Crippen LogP contribution in [0, 0.1) is 26.6 Å². The molecule has 1 atom stereocenters. The Bertz CT molecular complexity index is 545. The average Bonchev–Trinajstić information content (AvgIpc) is 2.57. The minimum Gasteiger partial charge on any atom is -0.383 e. The van der Waals surface area contributed by atoms with E-state index in [9.17, 15) is 9.50 Å². The first-order valence-corrected chi connectivity index (χ1v) is 6.31. The molecule has 1 heterocycles. The van der Waals surface area contributed by atoms with E-state index in [0.717, 1.165) is 20.9 Å². The maximum Gasteiger partial charge on any atom is 0.129 e. The fourth-order valence-corrected chi connectivity index (χ4v) is 2.97. The van der Waals surface area contributed by atoms with Crippen LogP contribution in [0.2, 0.25) is 0 Å². The predicted molar refractivity (Wildman–Crippen MR) is 69.0 cm³/mol. The first kappa shape index (κ1) is 12.3. The quantitative estimate of drug-likeness (QED) is 0.857. The fraction of sp³-hybridized carbons (Fsp3) is 0.286. The molecular formula is C14H15FOS. The number of hydrogen-bond donors (Lipinski definition) is 1. The van der Waals surface area contributed by atoms with E-state index in [4.69, 9.17) is 0 Å². The molecule has 1 unspecified atom stereocenters. The zero-order valence-corrected chi connectivity index (χ0v) is 10.9. The zero-order valence-electron chi connectivity index (χ0n) is 10.1. The van der Waals surface area contributed by atoms with Gasteiger partial charge >= 0.3 is 0 Å². The van der Waals surface area contributed by atoms with E-state index >= 15 is 0 Å². The third-order valence-corrected chi connectivity index (χ3v) is 3.98. The molecule has 0 aliphatic carbocycles. The van der Waals surface area contributed by atoms with Crippen LogP contribution >= 0.6 is 11.3 Å². The Kier molecular flexibility index (Phi) is 3.31. The summed E-state index contributed by atoms with van der Waals surface area (Å²) in [7, 11) is 0. The minimum atomic E-state index is -0.866. The van der Waals surface area contributed by atoms with Crippen molar-refractivity contribution in [2.75, 3.05) is 0 Å². The van der Waals surface area contributed by atoms with E-state index in [0.29, 0.717) is 5.56 Å². The number of aliphatic hydroxyl groups is 1. The van der Waals surface area contributed by atoms with Crippen LogP contribution in [-0.2, 0) is 0 Å². The van der Waals surface area contributed by atoms with Crippen molar-refractivity contribution in [3.63, 3.8) is 0 Å². The lowest BCUT2D eigenvalue weighted by molar-refractivity contribution is 0.218. The first-order valence-electron chi connectivity index (χ1n) is 5.50. The molecule has 17 heavy (non-hydrogen) atoms. The van der Waals surface area contributed by atoms with Crippen molar-refractivity contribution >= 4 is 11.3 Å². The van der Waals surface area contributed by atoms with E-state index in [2.05, 4.69) is 0 Å². The fourth-order valence-electron chi connectivity index (χ4n) is 1.93. The van der Waals surface area contributed by atoms with Crippen molar-refractivity contribution in [1.29, 1.82) is 0 Å². The van der Waals surface area contributed by atoms with Gasteiger partial charge in [-0.2, -0.15) is 0 Å². The van der Waals surface area contributed by atoms with Crippen molar-refractivity contribution in [3.05, 3.63) is 56.5 Å². The number of benzene rings is 1. The third-order valence-electron chi connectivity index (χ3n) is 2.78. The maximum absolute atomic E-state index is 13.8. The molecule has 0 spiro atoms. The Morgan fingerprint density at radius 1 is 1.18 bits per heavy atom. The van der Waals surface area contributed by atoms with E-state index in [1.54, 1.807) is 6.07 Å². The smallest absolute Gasteiger partial charge is 0.129 e. The Morgan fingerprint density at radius 2 is 1.88 bits per heavy atom. The van der Waals surface area contributed by atoms with E-state index in [1.165, 1.54) is 17.4 Å². The normalized spacial score (nSPS) is 12.8. The van der Waals surface area contributed by atoms with Gasteiger partial charge in [0, 0.05) is 15.3 Å². The molecule has 1 aromatic heterocycles. The SMILES string of the molecule is Cc1ccc(C(O)c2sc(C)cc2C)c(F)c1. The molecular weight excluding hydrogens is 235 g/mol. The Morgan fingerprint density at radius 3 is 2.41 bits per heavy atom. The molecule has 1 nitrogen and oxygen atoms in total. The van der Waals surface area contributed by atoms with Gasteiger partial charge in [0.2, 0.25) is 0 Å². The predicted octanol–water partition coefficient (Wildman–Crippen LogP) is 3.89. The Balaban J connectivity index is 2.43. The molecule has 3 heteroatoms. The third kappa shape index (κ3) is 2.40. The number of halogens is 1. The number of thiophene rings is 1. The van der Waals surface area contributed by atoms with Crippen LogP contribution in [0.4, 0.5) is 4.39 Å². The van der Waals surface area contributed by atoms with Crippen molar-refractivity contribution in [1.82, 2.24) is 0 Å². The summed E-state index contributed by atoms with van der Waals surface area (Å²) in [6.07, 6.45) is -0.866. The lowest BCUT2D eigenvalue weighted by atomic mass is 10.0. The summed E-state index contributed by atoms with van der Waals surface area (Å²) in [6.45, 7) is 5.76. The van der Waals surface area contributed by atoms with E-state index in [-0.39, 0.29) is 5.82 Å². The summed E-state index contributed by atoms with van der Waals surface area (Å²) in [4.78, 5) is 1.95. The van der Waals surface area contributed by atoms with Crippen LogP contribution in [0.25, 0.3) is 0 Å². The van der Waals surface area contributed by atoms with Gasteiger partial charge in [-0.05, 0) is 44.0 Å². The largest absolute Gasteiger partial charge is 0.383 e. The number of aliphatic hydroxyl groups excluding tert-OH is 1. The first-order chi connectivity index (χ1) is 7.99. The van der Waals surface area contributed by atoms with Crippen LogP contribution in [0.3, 0.4) is 0 Å². The van der Waals surface area contributed by atoms with Gasteiger partial charge in [0.1, 0.15) is 11.9 Å². The molecule has 90 valence electrons. The average molecular weight is 250 g/mol. The number of rotatable bonds is 2. The molecule has 0 bridgehead atoms. The van der Waals surface area contributed by atoms with Crippen molar-refractivity contribution in [2.24, 2.45) is 0 Å². The molecule has 0 radical (unpaired) electrons. The highest BCUT2D eigenvalue weighted by molar-refractivity contribution is 7.12. The van der Waals surface area contributed by atoms with Gasteiger partial charge < -0.3 is 5.11 Å². The standard InChI is InChI=1S/C14H15FOS/c1-8-4-5-11(12(15)6-8)13(16)14-9(2)7-10(3)17-14/h4-7,13,16H,1-3H3. The molecule has 0 amide bonds. The van der Waals surface area contributed by atoms with Gasteiger partial charge in [-0.15, -0.1) is 11.3 Å². The monoisotopic (exact) mass is 250 g/mol. The molecule has 2 aromatic rings. The molecule has 1 aromatic carbocycles. The van der Waals surface area contributed by atoms with Gasteiger partial charge in [-0.1, -0.05) is 12.1 Å². The van der Waals surface area contributed by atoms with Crippen molar-refractivity contribution in [2.45, 2.75) is 26.9 Å². The van der Waals surface area contributed by atoms with Gasteiger partial charge in [-0.25, -0.2) is 4.39 Å². The zero-order chi connectivity index (χ0) is 12.6. The van der Waals surface area contributed by atoms with Crippen molar-refractivity contribution < 1.29 is 9.50 Å². The molecule has 0 saturated carbocycles. The minimum absolute atomic E-state index is 0.344. The van der Waals surface area contributed by atoms with Crippen LogP contribution in [0.15, 0.2) is 24.3 Å². The van der Waals surface area contributed by atoms with Crippen LogP contribution < -0.4 is 0 Å². The molecule has 0 aliphatic rings. The second-order valence-corrected chi connectivity index (χ2v) is 5.62. The van der Waals surface area contributed by atoms with Gasteiger partial charge in [0.05, 0.1) is 0 Å².